The molecule has 3 fully saturated rings. The van der Waals surface area contributed by atoms with Crippen LogP contribution in [0, 0.1) is 26.2 Å². The van der Waals surface area contributed by atoms with E-state index in [2.05, 4.69) is 27.2 Å². The van der Waals surface area contributed by atoms with Gasteiger partial charge in [-0.05, 0) is 97.8 Å². The highest BCUT2D eigenvalue weighted by atomic mass is 35.5. The second-order valence-electron chi connectivity index (χ2n) is 11.6. The third-order valence-corrected chi connectivity index (χ3v) is 9.01. The van der Waals surface area contributed by atoms with Crippen molar-refractivity contribution in [3.63, 3.8) is 0 Å². The third-order valence-electron chi connectivity index (χ3n) is 8.68. The third kappa shape index (κ3) is 5.26. The van der Waals surface area contributed by atoms with E-state index >= 15 is 0 Å². The number of aromatic nitrogens is 3. The minimum Gasteiger partial charge on any atom is -0.494 e. The molecule has 6 rings (SSSR count). The van der Waals surface area contributed by atoms with Crippen molar-refractivity contribution in [3.05, 3.63) is 40.2 Å². The lowest BCUT2D eigenvalue weighted by molar-refractivity contribution is 0.0716. The predicted octanol–water partition coefficient (Wildman–Crippen LogP) is 5.43. The fourth-order valence-electron chi connectivity index (χ4n) is 6.23. The molecule has 9 heteroatoms. The number of likely N-dealkylation sites (tertiary alicyclic amines) is 1. The lowest BCUT2D eigenvalue weighted by atomic mass is 9.72. The zero-order chi connectivity index (χ0) is 27.1. The molecule has 208 valence electrons. The van der Waals surface area contributed by atoms with Crippen molar-refractivity contribution in [2.45, 2.75) is 58.9 Å². The number of halogens is 1. The van der Waals surface area contributed by atoms with E-state index in [1.54, 1.807) is 0 Å². The van der Waals surface area contributed by atoms with Gasteiger partial charge in [0.1, 0.15) is 17.3 Å². The molecule has 3 aromatic rings. The Balaban J connectivity index is 1.32. The number of hydrogen-bond donors (Lipinski definition) is 1. The van der Waals surface area contributed by atoms with E-state index in [9.17, 15) is 0 Å². The number of hydrogen-bond acceptors (Lipinski definition) is 8. The van der Waals surface area contributed by atoms with Crippen molar-refractivity contribution < 1.29 is 9.26 Å². The topological polar surface area (TPSA) is 79.5 Å². The van der Waals surface area contributed by atoms with E-state index in [1.807, 2.05) is 39.1 Å². The average Bonchev–Trinajstić information content (AvgIpc) is 3.71. The van der Waals surface area contributed by atoms with E-state index < -0.39 is 0 Å². The largest absolute Gasteiger partial charge is 0.494 e. The number of aryl methyl sites for hydroxylation is 2. The van der Waals surface area contributed by atoms with Crippen LogP contribution >= 0.6 is 11.6 Å². The van der Waals surface area contributed by atoms with Gasteiger partial charge >= 0.3 is 0 Å². The van der Waals surface area contributed by atoms with E-state index in [4.69, 9.17) is 30.8 Å². The van der Waals surface area contributed by atoms with Gasteiger partial charge in [-0.1, -0.05) is 16.8 Å². The number of piperidine rings is 1. The van der Waals surface area contributed by atoms with Gasteiger partial charge in [0.25, 0.3) is 0 Å². The minimum atomic E-state index is 0.394. The Morgan fingerprint density at radius 3 is 2.56 bits per heavy atom. The molecule has 1 saturated carbocycles. The summed E-state index contributed by atoms with van der Waals surface area (Å²) in [6.07, 6.45) is 6.23. The molecule has 2 saturated heterocycles. The van der Waals surface area contributed by atoms with E-state index in [0.29, 0.717) is 22.9 Å². The first-order valence-corrected chi connectivity index (χ1v) is 14.6. The van der Waals surface area contributed by atoms with Crippen LogP contribution in [0.4, 0.5) is 5.82 Å². The molecule has 3 aliphatic rings. The molecular formula is C30H39ClN6O2. The Kier molecular flexibility index (Phi) is 7.29. The Hall–Kier alpha value is -2.68. The monoisotopic (exact) mass is 550 g/mol. The number of anilines is 1. The van der Waals surface area contributed by atoms with Gasteiger partial charge in [0.2, 0.25) is 0 Å². The van der Waals surface area contributed by atoms with E-state index in [1.165, 1.54) is 38.8 Å². The van der Waals surface area contributed by atoms with Gasteiger partial charge in [-0.2, -0.15) is 0 Å². The van der Waals surface area contributed by atoms with Gasteiger partial charge in [0.15, 0.2) is 5.82 Å². The second kappa shape index (κ2) is 10.7. The van der Waals surface area contributed by atoms with Crippen LogP contribution in [0.15, 0.2) is 22.7 Å². The summed E-state index contributed by atoms with van der Waals surface area (Å²) in [6, 6.07) is 6.59. The normalized spacial score (nSPS) is 18.9. The summed E-state index contributed by atoms with van der Waals surface area (Å²) < 4.78 is 11.6. The molecule has 0 radical (unpaired) electrons. The van der Waals surface area contributed by atoms with Gasteiger partial charge in [-0.15, -0.1) is 0 Å². The van der Waals surface area contributed by atoms with Crippen molar-refractivity contribution in [1.82, 2.24) is 25.3 Å². The molecule has 8 nitrogen and oxygen atoms in total. The molecule has 2 aliphatic heterocycles. The standard InChI is InChI=1S/C30H39ClN6O2/c1-19-27(26-20(2)35-39-21(26)3)33-28(24-16-23(8-9-25(24)31)38-15-5-12-32-4)34-29(19)37-17-30(18-37)10-13-36(14-11-30)22-6-7-22/h8-9,16,22,32H,5-7,10-15,17-18H2,1-4H3. The predicted molar refractivity (Wildman–Crippen MR) is 155 cm³/mol. The van der Waals surface area contributed by atoms with Gasteiger partial charge in [-0.3, -0.25) is 0 Å². The molecule has 0 unspecified atom stereocenters. The quantitative estimate of drug-likeness (QED) is 0.353. The molecule has 0 atom stereocenters. The smallest absolute Gasteiger partial charge is 0.163 e. The average molecular weight is 551 g/mol. The SMILES string of the molecule is CNCCCOc1ccc(Cl)c(-c2nc(-c3c(C)noc3C)c(C)c(N3CC4(CCN(C5CC5)CC4)C3)n2)c1. The first kappa shape index (κ1) is 26.5. The molecule has 1 aliphatic carbocycles. The first-order chi connectivity index (χ1) is 18.9. The van der Waals surface area contributed by atoms with Crippen LogP contribution in [-0.2, 0) is 0 Å². The number of ether oxygens (including phenoxy) is 1. The van der Waals surface area contributed by atoms with Crippen LogP contribution in [0.25, 0.3) is 22.6 Å². The van der Waals surface area contributed by atoms with Gasteiger partial charge in [-0.25, -0.2) is 9.97 Å². The molecule has 1 spiro atoms. The van der Waals surface area contributed by atoms with Crippen LogP contribution in [-0.4, -0.2) is 72.4 Å². The van der Waals surface area contributed by atoms with Crippen molar-refractivity contribution in [2.75, 3.05) is 51.3 Å². The van der Waals surface area contributed by atoms with E-state index in [-0.39, 0.29) is 0 Å². The molecule has 1 N–H and O–H groups in total. The molecule has 4 heterocycles. The fourth-order valence-corrected chi connectivity index (χ4v) is 6.44. The van der Waals surface area contributed by atoms with Crippen molar-refractivity contribution in [1.29, 1.82) is 0 Å². The molecule has 39 heavy (non-hydrogen) atoms. The molecule has 0 bridgehead atoms. The highest BCUT2D eigenvalue weighted by molar-refractivity contribution is 6.33. The number of rotatable bonds is 9. The maximum atomic E-state index is 6.74. The Bertz CT molecular complexity index is 1320. The zero-order valence-corrected chi connectivity index (χ0v) is 24.3. The van der Waals surface area contributed by atoms with E-state index in [0.717, 1.165) is 77.5 Å². The molecule has 2 aromatic heterocycles. The zero-order valence-electron chi connectivity index (χ0n) is 23.5. The van der Waals surface area contributed by atoms with Crippen LogP contribution in [0.3, 0.4) is 0 Å². The summed E-state index contributed by atoms with van der Waals surface area (Å²) in [7, 11) is 1.94. The molecule has 0 amide bonds. The maximum absolute atomic E-state index is 6.74. The fraction of sp³-hybridized carbons (Fsp3) is 0.567. The van der Waals surface area contributed by atoms with Gasteiger partial charge in [0.05, 0.1) is 28.6 Å². The van der Waals surface area contributed by atoms with Crippen LogP contribution in [0.1, 0.15) is 49.1 Å². The second-order valence-corrected chi connectivity index (χ2v) is 12.0. The van der Waals surface area contributed by atoms with Gasteiger partial charge < -0.3 is 24.4 Å². The highest BCUT2D eigenvalue weighted by Crippen LogP contribution is 2.46. The lowest BCUT2D eigenvalue weighted by Crippen LogP contribution is -2.61. The van der Waals surface area contributed by atoms with Gasteiger partial charge in [0, 0.05) is 35.7 Å². The van der Waals surface area contributed by atoms with Crippen LogP contribution < -0.4 is 15.0 Å². The summed E-state index contributed by atoms with van der Waals surface area (Å²) in [5, 5.41) is 7.97. The minimum absolute atomic E-state index is 0.394. The summed E-state index contributed by atoms with van der Waals surface area (Å²) in [4.78, 5) is 15.3. The van der Waals surface area contributed by atoms with Crippen molar-refractivity contribution >= 4 is 17.4 Å². The highest BCUT2D eigenvalue weighted by Gasteiger charge is 2.47. The Labute approximate surface area is 236 Å². The molecule has 1 aromatic carbocycles. The van der Waals surface area contributed by atoms with Crippen LogP contribution in [0.5, 0.6) is 5.75 Å². The summed E-state index contributed by atoms with van der Waals surface area (Å²) in [6.45, 7) is 12.1. The summed E-state index contributed by atoms with van der Waals surface area (Å²) >= 11 is 6.74. The lowest BCUT2D eigenvalue weighted by Gasteiger charge is -2.55. The van der Waals surface area contributed by atoms with Crippen molar-refractivity contribution in [2.24, 2.45) is 5.41 Å². The molecular weight excluding hydrogens is 512 g/mol. The summed E-state index contributed by atoms with van der Waals surface area (Å²) in [5.41, 5.74) is 4.82. The van der Waals surface area contributed by atoms with Crippen molar-refractivity contribution in [3.8, 4) is 28.4 Å². The number of nitrogens with zero attached hydrogens (tertiary/aromatic N) is 5. The number of nitrogens with one attached hydrogen (secondary N) is 1. The number of benzene rings is 1. The Morgan fingerprint density at radius 1 is 1.13 bits per heavy atom. The maximum Gasteiger partial charge on any atom is 0.163 e. The van der Waals surface area contributed by atoms with Crippen LogP contribution in [0.2, 0.25) is 5.02 Å². The summed E-state index contributed by atoms with van der Waals surface area (Å²) in [5.74, 6) is 3.09. The Morgan fingerprint density at radius 2 is 1.90 bits per heavy atom. The first-order valence-electron chi connectivity index (χ1n) is 14.3.